The zero-order chi connectivity index (χ0) is 90.0. The minimum absolute atomic E-state index is 0.141. The van der Waals surface area contributed by atoms with Gasteiger partial charge in [0.15, 0.2) is 28.2 Å². The maximum absolute atomic E-state index is 14.4. The number of hydrogen-bond acceptors (Lipinski definition) is 15. The molecular weight excluding hydrogens is 1720 g/mol. The molecule has 0 spiro atoms. The molecule has 0 bridgehead atoms. The third-order valence-corrected chi connectivity index (χ3v) is 20.4. The van der Waals surface area contributed by atoms with E-state index in [2.05, 4.69) is 75.3 Å². The molecule has 0 saturated carbocycles. The molecule has 0 atom stereocenters. The van der Waals surface area contributed by atoms with Crippen LogP contribution >= 0.6 is 23.2 Å². The summed E-state index contributed by atoms with van der Waals surface area (Å²) in [5.41, 5.74) is 14.4. The Morgan fingerprint density at radius 1 is 0.258 bits per heavy atom. The molecule has 36 heteroatoms. The number of pyridine rings is 10. The van der Waals surface area contributed by atoms with Crippen molar-refractivity contribution in [3.63, 3.8) is 0 Å². The summed E-state index contributed by atoms with van der Waals surface area (Å²) in [7, 11) is 0. The Hall–Kier alpha value is -15.5. The van der Waals surface area contributed by atoms with Gasteiger partial charge < -0.3 is 0 Å². The molecule has 15 heterocycles. The maximum Gasteiger partial charge on any atom is 0.419 e. The van der Waals surface area contributed by atoms with Crippen molar-refractivity contribution < 1.29 is 61.5 Å². The molecule has 0 saturated heterocycles. The number of aromatic nitrogens is 20. The lowest BCUT2D eigenvalue weighted by Crippen LogP contribution is -2.08. The standard InChI is InChI=1S/C19H12F4N4.C19H13F3N4.C18H11ClF2N4.C18H12ClFN4.C18H10F4N4/c1-11-6-14(12-4-5-27-17(8-12)25-10-26-27)18(24-9-11)13-2-3-16(20)15(7-13)19(21,22)23;1-12-7-16(13-5-6-26-17(9-13)24-11-25-26)18(23-10-12)14-3-2-4-15(8-14)19(20,21)22;1-10-4-12(11-2-3-25-17(5-11)23-9-24-25)18(22-8-10)13-6-14(19)16(21)7-15(13)20;1-11-6-14(12-4-5-24-17(7-12)22-10-23-24)18(21-9-11)15-8-13(19)2-3-16(15)20;19-14-8-15(11-4-5-26-16(7-11)24-10-25-26)17(23-9-14)12-2-1-3-13(6-12)18(20,21)22/h2-10H,1H3;2-11H,1H3;2-9H,1H3;2-10H,1H3;1-10H. The van der Waals surface area contributed by atoms with Crippen LogP contribution in [0.3, 0.4) is 0 Å². The van der Waals surface area contributed by atoms with Crippen LogP contribution in [0.25, 0.3) is 140 Å². The van der Waals surface area contributed by atoms with E-state index in [1.807, 2.05) is 94.6 Å². The van der Waals surface area contributed by atoms with Crippen LogP contribution in [-0.4, -0.2) is 97.9 Å². The lowest BCUT2D eigenvalue weighted by molar-refractivity contribution is -0.140. The first-order chi connectivity index (χ1) is 61.3. The average Bonchev–Trinajstić information content (AvgIpc) is 1.10. The summed E-state index contributed by atoms with van der Waals surface area (Å²) in [6.07, 6.45) is 9.72. The molecule has 0 amide bonds. The molecular formula is C92H58Cl2F14N20. The fourth-order valence-electron chi connectivity index (χ4n) is 13.8. The average molecular weight is 1780 g/mol. The molecule has 20 aromatic rings. The van der Waals surface area contributed by atoms with Gasteiger partial charge in [0, 0.05) is 122 Å². The first-order valence-corrected chi connectivity index (χ1v) is 38.9. The normalized spacial score (nSPS) is 11.6. The summed E-state index contributed by atoms with van der Waals surface area (Å²) in [5, 5.41) is 20.5. The minimum atomic E-state index is -4.79. The highest BCUT2D eigenvalue weighted by atomic mass is 35.5. The van der Waals surface area contributed by atoms with Crippen molar-refractivity contribution in [3.8, 4) is 112 Å². The van der Waals surface area contributed by atoms with Gasteiger partial charge in [0.2, 0.25) is 0 Å². The summed E-state index contributed by atoms with van der Waals surface area (Å²) >= 11 is 11.9. The number of benzene rings is 5. The summed E-state index contributed by atoms with van der Waals surface area (Å²) in [6.45, 7) is 7.57. The number of nitrogens with zero attached hydrogens (tertiary/aromatic N) is 20. The van der Waals surface area contributed by atoms with Crippen molar-refractivity contribution in [2.45, 2.75) is 46.2 Å². The molecule has 20 nitrogen and oxygen atoms in total. The van der Waals surface area contributed by atoms with E-state index in [-0.39, 0.29) is 33.2 Å². The van der Waals surface area contributed by atoms with Gasteiger partial charge in [-0.3, -0.25) is 24.9 Å². The Morgan fingerprint density at radius 2 is 0.586 bits per heavy atom. The van der Waals surface area contributed by atoms with Crippen molar-refractivity contribution in [1.82, 2.24) is 97.9 Å². The number of fused-ring (bicyclic) bond motifs is 5. The summed E-state index contributed by atoms with van der Waals surface area (Å²) in [6, 6.07) is 46.2. The largest absolute Gasteiger partial charge is 0.419 e. The van der Waals surface area contributed by atoms with Gasteiger partial charge >= 0.3 is 18.5 Å². The number of aryl methyl sites for hydroxylation is 4. The number of hydrogen-bond donors (Lipinski definition) is 0. The summed E-state index contributed by atoms with van der Waals surface area (Å²) in [4.78, 5) is 42.3. The van der Waals surface area contributed by atoms with E-state index in [9.17, 15) is 61.5 Å². The van der Waals surface area contributed by atoms with Gasteiger partial charge in [-0.15, -0.1) is 0 Å². The van der Waals surface area contributed by atoms with Crippen LogP contribution in [0.4, 0.5) is 61.5 Å². The van der Waals surface area contributed by atoms with E-state index in [0.717, 1.165) is 104 Å². The van der Waals surface area contributed by atoms with Crippen molar-refractivity contribution >= 4 is 51.4 Å². The molecule has 0 aliphatic heterocycles. The molecule has 128 heavy (non-hydrogen) atoms. The van der Waals surface area contributed by atoms with Crippen LogP contribution < -0.4 is 0 Å². The second-order valence-corrected chi connectivity index (χ2v) is 29.6. The molecule has 5 aromatic carbocycles. The molecule has 20 rings (SSSR count). The van der Waals surface area contributed by atoms with Crippen molar-refractivity contribution in [2.24, 2.45) is 0 Å². The Kier molecular flexibility index (Phi) is 24.0. The zero-order valence-electron chi connectivity index (χ0n) is 66.5. The van der Waals surface area contributed by atoms with Gasteiger partial charge in [-0.1, -0.05) is 47.5 Å². The summed E-state index contributed by atoms with van der Waals surface area (Å²) in [5.74, 6) is -3.79. The first-order valence-electron chi connectivity index (χ1n) is 38.1. The Labute approximate surface area is 724 Å². The number of rotatable bonds is 10. The van der Waals surface area contributed by atoms with Crippen LogP contribution in [0.2, 0.25) is 10.0 Å². The lowest BCUT2D eigenvalue weighted by atomic mass is 9.97. The van der Waals surface area contributed by atoms with Crippen LogP contribution in [0.15, 0.2) is 282 Å². The predicted molar refractivity (Wildman–Crippen MR) is 452 cm³/mol. The van der Waals surface area contributed by atoms with Crippen LogP contribution in [0.1, 0.15) is 38.9 Å². The molecule has 0 radical (unpaired) electrons. The fourth-order valence-corrected chi connectivity index (χ4v) is 14.1. The predicted octanol–water partition coefficient (Wildman–Crippen LogP) is 23.6. The van der Waals surface area contributed by atoms with Crippen molar-refractivity contribution in [1.29, 1.82) is 0 Å². The highest BCUT2D eigenvalue weighted by Gasteiger charge is 2.36. The lowest BCUT2D eigenvalue weighted by Gasteiger charge is -2.13. The highest BCUT2D eigenvalue weighted by molar-refractivity contribution is 6.31. The van der Waals surface area contributed by atoms with E-state index in [1.165, 1.54) is 84.7 Å². The molecule has 15 aromatic heterocycles. The Bertz CT molecular complexity index is 7400. The monoisotopic (exact) mass is 1780 g/mol. The van der Waals surface area contributed by atoms with Crippen LogP contribution in [0, 0.1) is 56.8 Å². The third kappa shape index (κ3) is 19.0. The van der Waals surface area contributed by atoms with Crippen LogP contribution in [-0.2, 0) is 18.5 Å². The molecule has 0 aliphatic carbocycles. The Balaban J connectivity index is 0.000000118. The van der Waals surface area contributed by atoms with Gasteiger partial charge in [-0.25, -0.2) is 69.4 Å². The number of alkyl halides is 9. The molecule has 0 aliphatic rings. The Morgan fingerprint density at radius 3 is 0.953 bits per heavy atom. The fraction of sp³-hybridized carbons (Fsp3) is 0.0761. The van der Waals surface area contributed by atoms with E-state index in [4.69, 9.17) is 23.2 Å². The SMILES string of the molecule is Cc1cnc(-c2cc(Cl)c(F)cc2F)c(-c2ccn3ncnc3c2)c1.Cc1cnc(-c2cc(Cl)ccc2F)c(-c2ccn3ncnc3c2)c1.Cc1cnc(-c2ccc(F)c(C(F)(F)F)c2)c(-c2ccn3ncnc3c2)c1.Cc1cnc(-c2cccc(C(F)(F)F)c2)c(-c2ccn3ncnc3c2)c1.Fc1cnc(-c2cccc(C(F)(F)F)c2)c(-c2ccn3ncnc3c2)c1. The first kappa shape index (κ1) is 86.1. The smallest absolute Gasteiger partial charge is 0.255 e. The van der Waals surface area contributed by atoms with Crippen molar-refractivity contribution in [3.05, 3.63) is 360 Å². The molecule has 638 valence electrons. The van der Waals surface area contributed by atoms with Gasteiger partial charge in [0.25, 0.3) is 0 Å². The molecule has 0 unspecified atom stereocenters. The topological polar surface area (TPSA) is 215 Å². The molecule has 0 N–H and O–H groups in total. The van der Waals surface area contributed by atoms with Crippen molar-refractivity contribution in [2.75, 3.05) is 0 Å². The van der Waals surface area contributed by atoms with Crippen LogP contribution in [0.5, 0.6) is 0 Å². The second-order valence-electron chi connectivity index (χ2n) is 28.8. The quantitative estimate of drug-likeness (QED) is 0.0919. The molecule has 0 fully saturated rings. The van der Waals surface area contributed by atoms with Gasteiger partial charge in [-0.05, 0) is 235 Å². The van der Waals surface area contributed by atoms with E-state index in [1.54, 1.807) is 104 Å². The van der Waals surface area contributed by atoms with E-state index < -0.39 is 58.5 Å². The third-order valence-electron chi connectivity index (χ3n) is 19.8. The van der Waals surface area contributed by atoms with Gasteiger partial charge in [0.05, 0.1) is 56.4 Å². The zero-order valence-corrected chi connectivity index (χ0v) is 68.1. The minimum Gasteiger partial charge on any atom is -0.255 e. The van der Waals surface area contributed by atoms with Gasteiger partial charge in [-0.2, -0.15) is 65.0 Å². The number of halogens is 16. The van der Waals surface area contributed by atoms with E-state index in [0.29, 0.717) is 89.4 Å². The second kappa shape index (κ2) is 35.7. The van der Waals surface area contributed by atoms with E-state index >= 15 is 0 Å². The highest BCUT2D eigenvalue weighted by Crippen LogP contribution is 2.43. The summed E-state index contributed by atoms with van der Waals surface area (Å²) < 4.78 is 195. The van der Waals surface area contributed by atoms with Gasteiger partial charge in [0.1, 0.15) is 60.7 Å². The maximum atomic E-state index is 14.4.